The van der Waals surface area contributed by atoms with Gasteiger partial charge in [0.1, 0.15) is 11.6 Å². The summed E-state index contributed by atoms with van der Waals surface area (Å²) in [6, 6.07) is 6.60. The molecule has 0 radical (unpaired) electrons. The number of carboxylic acid groups (broad SMARTS) is 1. The summed E-state index contributed by atoms with van der Waals surface area (Å²) in [5.41, 5.74) is 0.338. The molecule has 21 heavy (non-hydrogen) atoms. The summed E-state index contributed by atoms with van der Waals surface area (Å²) in [5, 5.41) is 11.6. The lowest BCUT2D eigenvalue weighted by Crippen LogP contribution is -2.43. The minimum absolute atomic E-state index is 0.289. The average molecular weight is 358 g/mol. The van der Waals surface area contributed by atoms with Crippen LogP contribution in [-0.4, -0.2) is 28.8 Å². The fourth-order valence-corrected chi connectivity index (χ4v) is 2.19. The highest BCUT2D eigenvalue weighted by Crippen LogP contribution is 2.18. The third-order valence-corrected chi connectivity index (χ3v) is 3.42. The van der Waals surface area contributed by atoms with Crippen molar-refractivity contribution >= 4 is 28.0 Å². The Hall–Kier alpha value is -1.56. The maximum atomic E-state index is 11.6. The van der Waals surface area contributed by atoms with Crippen molar-refractivity contribution in [2.24, 2.45) is 0 Å². The zero-order chi connectivity index (χ0) is 16.0. The van der Waals surface area contributed by atoms with Gasteiger partial charge in [-0.05, 0) is 45.2 Å². The molecule has 1 aromatic rings. The van der Waals surface area contributed by atoms with Crippen LogP contribution in [0.3, 0.4) is 0 Å². The van der Waals surface area contributed by atoms with Gasteiger partial charge >= 0.3 is 12.1 Å². The van der Waals surface area contributed by atoms with Crippen LogP contribution >= 0.6 is 15.9 Å². The number of hydrogen-bond donors (Lipinski definition) is 2. The Balaban J connectivity index is 2.61. The predicted octanol–water partition coefficient (Wildman–Crippen LogP) is 3.36. The Morgan fingerprint density at radius 3 is 2.48 bits per heavy atom. The van der Waals surface area contributed by atoms with Crippen molar-refractivity contribution in [3.8, 4) is 0 Å². The molecule has 116 valence electrons. The second kappa shape index (κ2) is 7.45. The Kier molecular flexibility index (Phi) is 6.20. The number of benzene rings is 1. The second-order valence-electron chi connectivity index (χ2n) is 5.67. The van der Waals surface area contributed by atoms with Crippen molar-refractivity contribution in [1.82, 2.24) is 5.32 Å². The molecule has 1 rings (SSSR count). The molecule has 0 fully saturated rings. The summed E-state index contributed by atoms with van der Waals surface area (Å²) in [4.78, 5) is 22.9. The van der Waals surface area contributed by atoms with Gasteiger partial charge in [0, 0.05) is 4.47 Å². The summed E-state index contributed by atoms with van der Waals surface area (Å²) in [7, 11) is 0. The fraction of sp³-hybridized carbons (Fsp3) is 0.467. The summed E-state index contributed by atoms with van der Waals surface area (Å²) < 4.78 is 5.99. The highest BCUT2D eigenvalue weighted by atomic mass is 79.9. The van der Waals surface area contributed by atoms with Crippen molar-refractivity contribution in [1.29, 1.82) is 0 Å². The molecule has 2 N–H and O–H groups in total. The first-order valence-electron chi connectivity index (χ1n) is 6.65. The van der Waals surface area contributed by atoms with E-state index >= 15 is 0 Å². The van der Waals surface area contributed by atoms with Crippen LogP contribution in [0.15, 0.2) is 28.7 Å². The van der Waals surface area contributed by atoms with E-state index in [1.807, 2.05) is 24.3 Å². The van der Waals surface area contributed by atoms with Crippen molar-refractivity contribution in [2.45, 2.75) is 45.3 Å². The van der Waals surface area contributed by atoms with E-state index in [0.717, 1.165) is 10.0 Å². The molecule has 0 heterocycles. The van der Waals surface area contributed by atoms with Crippen LogP contribution in [0.25, 0.3) is 0 Å². The molecule has 0 aliphatic rings. The molecule has 0 spiro atoms. The topological polar surface area (TPSA) is 75.6 Å². The summed E-state index contributed by atoms with van der Waals surface area (Å²) >= 11 is 3.41. The third kappa shape index (κ3) is 6.62. The molecule has 0 saturated carbocycles. The van der Waals surface area contributed by atoms with E-state index in [1.54, 1.807) is 20.8 Å². The molecule has 0 bridgehead atoms. The quantitative estimate of drug-likeness (QED) is 0.846. The molecule has 1 atom stereocenters. The standard InChI is InChI=1S/C15H20BrNO4/c1-15(2,3)21-14(20)17-12(13(18)19)9-8-10-6-4-5-7-11(10)16/h4-7,12H,8-9H2,1-3H3,(H,17,20)(H,18,19). The monoisotopic (exact) mass is 357 g/mol. The van der Waals surface area contributed by atoms with Crippen LogP contribution in [0, 0.1) is 0 Å². The number of carbonyl (C=O) groups excluding carboxylic acids is 1. The molecule has 5 nitrogen and oxygen atoms in total. The van der Waals surface area contributed by atoms with E-state index in [1.165, 1.54) is 0 Å². The zero-order valence-electron chi connectivity index (χ0n) is 12.4. The molecule has 0 aromatic heterocycles. The first-order valence-corrected chi connectivity index (χ1v) is 7.44. The number of carboxylic acids is 1. The van der Waals surface area contributed by atoms with Crippen molar-refractivity contribution in [3.05, 3.63) is 34.3 Å². The fourth-order valence-electron chi connectivity index (χ4n) is 1.71. The van der Waals surface area contributed by atoms with Crippen LogP contribution in [0.4, 0.5) is 4.79 Å². The first kappa shape index (κ1) is 17.5. The molecule has 0 saturated heterocycles. The van der Waals surface area contributed by atoms with E-state index in [-0.39, 0.29) is 6.42 Å². The summed E-state index contributed by atoms with van der Waals surface area (Å²) in [5.74, 6) is -1.08. The summed E-state index contributed by atoms with van der Waals surface area (Å²) in [6.07, 6.45) is 0.104. The number of rotatable bonds is 5. The van der Waals surface area contributed by atoms with Crippen LogP contribution in [0.1, 0.15) is 32.8 Å². The number of halogens is 1. The van der Waals surface area contributed by atoms with E-state index in [0.29, 0.717) is 6.42 Å². The van der Waals surface area contributed by atoms with Crippen LogP contribution in [0.5, 0.6) is 0 Å². The highest BCUT2D eigenvalue weighted by Gasteiger charge is 2.23. The second-order valence-corrected chi connectivity index (χ2v) is 6.52. The van der Waals surface area contributed by atoms with E-state index in [9.17, 15) is 14.7 Å². The number of nitrogens with one attached hydrogen (secondary N) is 1. The third-order valence-electron chi connectivity index (χ3n) is 2.65. The minimum atomic E-state index is -1.08. The van der Waals surface area contributed by atoms with Gasteiger partial charge in [-0.15, -0.1) is 0 Å². The predicted molar refractivity (Wildman–Crippen MR) is 83.3 cm³/mol. The largest absolute Gasteiger partial charge is 0.480 e. The number of aliphatic carboxylic acids is 1. The first-order chi connectivity index (χ1) is 9.69. The summed E-state index contributed by atoms with van der Waals surface area (Å²) in [6.45, 7) is 5.18. The van der Waals surface area contributed by atoms with Gasteiger partial charge in [0.15, 0.2) is 0 Å². The molecule has 0 aliphatic carbocycles. The van der Waals surface area contributed by atoms with Gasteiger partial charge in [0.25, 0.3) is 0 Å². The zero-order valence-corrected chi connectivity index (χ0v) is 13.9. The van der Waals surface area contributed by atoms with Gasteiger partial charge in [0.05, 0.1) is 0 Å². The van der Waals surface area contributed by atoms with Crippen LogP contribution in [-0.2, 0) is 16.0 Å². The van der Waals surface area contributed by atoms with Gasteiger partial charge in [-0.3, -0.25) is 0 Å². The SMILES string of the molecule is CC(C)(C)OC(=O)NC(CCc1ccccc1Br)C(=O)O. The van der Waals surface area contributed by atoms with E-state index < -0.39 is 23.7 Å². The van der Waals surface area contributed by atoms with Gasteiger partial charge < -0.3 is 15.2 Å². The lowest BCUT2D eigenvalue weighted by molar-refractivity contribution is -0.139. The molecular formula is C15H20BrNO4. The van der Waals surface area contributed by atoms with Crippen molar-refractivity contribution < 1.29 is 19.4 Å². The molecule has 6 heteroatoms. The Morgan fingerprint density at radius 2 is 1.95 bits per heavy atom. The lowest BCUT2D eigenvalue weighted by atomic mass is 10.1. The molecule has 1 unspecified atom stereocenters. The Morgan fingerprint density at radius 1 is 1.33 bits per heavy atom. The average Bonchev–Trinajstić information content (AvgIpc) is 2.33. The highest BCUT2D eigenvalue weighted by molar-refractivity contribution is 9.10. The Bertz CT molecular complexity index is 511. The number of carbonyl (C=O) groups is 2. The van der Waals surface area contributed by atoms with Crippen molar-refractivity contribution in [2.75, 3.05) is 0 Å². The number of alkyl carbamates (subject to hydrolysis) is 1. The molecule has 1 amide bonds. The van der Waals surface area contributed by atoms with Crippen LogP contribution in [0.2, 0.25) is 0 Å². The smallest absolute Gasteiger partial charge is 0.408 e. The number of amides is 1. The van der Waals surface area contributed by atoms with Gasteiger partial charge in [-0.1, -0.05) is 34.1 Å². The van der Waals surface area contributed by atoms with Gasteiger partial charge in [-0.2, -0.15) is 0 Å². The van der Waals surface area contributed by atoms with Gasteiger partial charge in [0.2, 0.25) is 0 Å². The number of ether oxygens (including phenoxy) is 1. The lowest BCUT2D eigenvalue weighted by Gasteiger charge is -2.22. The maximum Gasteiger partial charge on any atom is 0.408 e. The number of hydrogen-bond acceptors (Lipinski definition) is 3. The molecule has 1 aromatic carbocycles. The Labute approximate surface area is 132 Å². The van der Waals surface area contributed by atoms with Gasteiger partial charge in [-0.25, -0.2) is 9.59 Å². The number of aryl methyl sites for hydroxylation is 1. The normalized spacial score (nSPS) is 12.6. The van der Waals surface area contributed by atoms with Crippen molar-refractivity contribution in [3.63, 3.8) is 0 Å². The maximum absolute atomic E-state index is 11.6. The minimum Gasteiger partial charge on any atom is -0.480 e. The molecule has 0 aliphatic heterocycles. The van der Waals surface area contributed by atoms with Crippen LogP contribution < -0.4 is 5.32 Å². The molecular weight excluding hydrogens is 338 g/mol. The van der Waals surface area contributed by atoms with E-state index in [2.05, 4.69) is 21.2 Å². The van der Waals surface area contributed by atoms with E-state index in [4.69, 9.17) is 4.74 Å².